The van der Waals surface area contributed by atoms with Crippen LogP contribution in [0.3, 0.4) is 0 Å². The highest BCUT2D eigenvalue weighted by atomic mass is 19.4. The van der Waals surface area contributed by atoms with E-state index in [4.69, 9.17) is 0 Å². The number of benzene rings is 1. The first-order valence-corrected chi connectivity index (χ1v) is 6.37. The van der Waals surface area contributed by atoms with Gasteiger partial charge in [-0.05, 0) is 31.5 Å². The van der Waals surface area contributed by atoms with Crippen molar-refractivity contribution in [2.45, 2.75) is 45.5 Å². The van der Waals surface area contributed by atoms with Gasteiger partial charge in [0.1, 0.15) is 0 Å². The zero-order valence-electron chi connectivity index (χ0n) is 11.7. The van der Waals surface area contributed by atoms with Crippen molar-refractivity contribution in [2.24, 2.45) is 0 Å². The molecule has 1 aromatic rings. The summed E-state index contributed by atoms with van der Waals surface area (Å²) in [5.41, 5.74) is 1.46. The van der Waals surface area contributed by atoms with E-state index in [0.717, 1.165) is 5.56 Å². The van der Waals surface area contributed by atoms with Gasteiger partial charge in [-0.15, -0.1) is 0 Å². The zero-order valence-corrected chi connectivity index (χ0v) is 11.7. The molecule has 0 aliphatic rings. The highest BCUT2D eigenvalue weighted by Crippen LogP contribution is 2.23. The molecule has 2 unspecified atom stereocenters. The van der Waals surface area contributed by atoms with Gasteiger partial charge in [0.15, 0.2) is 0 Å². The summed E-state index contributed by atoms with van der Waals surface area (Å²) in [5, 5.41) is 5.55. The average molecular weight is 288 g/mol. The van der Waals surface area contributed by atoms with Gasteiger partial charge in [0.25, 0.3) is 0 Å². The Hall–Kier alpha value is -1.56. The molecule has 0 aliphatic heterocycles. The van der Waals surface area contributed by atoms with E-state index in [1.54, 1.807) is 25.1 Å². The SMILES string of the molecule is CC(=O)Nc1cccc(C(C)NC(C)CC(F)(F)F)c1. The van der Waals surface area contributed by atoms with Crippen LogP contribution in [-0.4, -0.2) is 18.1 Å². The molecule has 6 heteroatoms. The van der Waals surface area contributed by atoms with Crippen LogP contribution in [0.1, 0.15) is 38.8 Å². The van der Waals surface area contributed by atoms with E-state index in [-0.39, 0.29) is 11.9 Å². The van der Waals surface area contributed by atoms with E-state index < -0.39 is 18.6 Å². The van der Waals surface area contributed by atoms with Crippen molar-refractivity contribution in [1.29, 1.82) is 0 Å². The predicted octanol–water partition coefficient (Wildman–Crippen LogP) is 3.64. The first-order chi connectivity index (χ1) is 9.17. The van der Waals surface area contributed by atoms with Crippen LogP contribution in [0.4, 0.5) is 18.9 Å². The van der Waals surface area contributed by atoms with Gasteiger partial charge in [0.2, 0.25) is 5.91 Å². The van der Waals surface area contributed by atoms with Gasteiger partial charge < -0.3 is 10.6 Å². The lowest BCUT2D eigenvalue weighted by Gasteiger charge is -2.21. The second-order valence-electron chi connectivity index (χ2n) is 4.92. The normalized spacial score (nSPS) is 14.7. The van der Waals surface area contributed by atoms with Gasteiger partial charge in [-0.1, -0.05) is 12.1 Å². The Bertz CT molecular complexity index is 460. The van der Waals surface area contributed by atoms with Crippen LogP contribution in [0, 0.1) is 0 Å². The molecule has 1 aromatic carbocycles. The first kappa shape index (κ1) is 16.5. The number of halogens is 3. The second kappa shape index (κ2) is 6.74. The van der Waals surface area contributed by atoms with Crippen LogP contribution in [-0.2, 0) is 4.79 Å². The number of hydrogen-bond acceptors (Lipinski definition) is 2. The van der Waals surface area contributed by atoms with Gasteiger partial charge >= 0.3 is 6.18 Å². The quantitative estimate of drug-likeness (QED) is 0.868. The monoisotopic (exact) mass is 288 g/mol. The molecule has 1 amide bonds. The lowest BCUT2D eigenvalue weighted by molar-refractivity contribution is -0.139. The number of rotatable bonds is 5. The van der Waals surface area contributed by atoms with Crippen LogP contribution in [0.25, 0.3) is 0 Å². The van der Waals surface area contributed by atoms with Crippen molar-refractivity contribution in [2.75, 3.05) is 5.32 Å². The molecule has 0 bridgehead atoms. The van der Waals surface area contributed by atoms with E-state index in [0.29, 0.717) is 5.69 Å². The predicted molar refractivity (Wildman–Crippen MR) is 72.4 cm³/mol. The van der Waals surface area contributed by atoms with Gasteiger partial charge in [0, 0.05) is 24.7 Å². The highest BCUT2D eigenvalue weighted by Gasteiger charge is 2.30. The summed E-state index contributed by atoms with van der Waals surface area (Å²) in [7, 11) is 0. The van der Waals surface area contributed by atoms with Gasteiger partial charge in [-0.25, -0.2) is 0 Å². The van der Waals surface area contributed by atoms with Crippen molar-refractivity contribution in [3.8, 4) is 0 Å². The number of anilines is 1. The lowest BCUT2D eigenvalue weighted by Crippen LogP contribution is -2.33. The Morgan fingerprint density at radius 2 is 1.95 bits per heavy atom. The fourth-order valence-corrected chi connectivity index (χ4v) is 2.02. The smallest absolute Gasteiger partial charge is 0.326 e. The largest absolute Gasteiger partial charge is 0.390 e. The molecule has 0 saturated carbocycles. The van der Waals surface area contributed by atoms with Crippen LogP contribution in [0.15, 0.2) is 24.3 Å². The van der Waals surface area contributed by atoms with Crippen molar-refractivity contribution in [1.82, 2.24) is 5.32 Å². The molecule has 2 N–H and O–H groups in total. The van der Waals surface area contributed by atoms with E-state index >= 15 is 0 Å². The summed E-state index contributed by atoms with van der Waals surface area (Å²) < 4.78 is 36.8. The number of carbonyl (C=O) groups is 1. The molecule has 0 fully saturated rings. The van der Waals surface area contributed by atoms with Gasteiger partial charge in [-0.2, -0.15) is 13.2 Å². The minimum atomic E-state index is -4.18. The molecule has 0 saturated heterocycles. The average Bonchev–Trinajstić information content (AvgIpc) is 2.25. The number of amides is 1. The van der Waals surface area contributed by atoms with Crippen molar-refractivity contribution in [3.05, 3.63) is 29.8 Å². The van der Waals surface area contributed by atoms with Crippen LogP contribution < -0.4 is 10.6 Å². The summed E-state index contributed by atoms with van der Waals surface area (Å²) in [6, 6.07) is 6.14. The molecule has 0 heterocycles. The van der Waals surface area contributed by atoms with Crippen molar-refractivity contribution >= 4 is 11.6 Å². The molecule has 1 rings (SSSR count). The summed E-state index contributed by atoms with van der Waals surface area (Å²) in [5.74, 6) is -0.187. The maximum absolute atomic E-state index is 12.3. The van der Waals surface area contributed by atoms with E-state index in [9.17, 15) is 18.0 Å². The number of alkyl halides is 3. The van der Waals surface area contributed by atoms with Crippen LogP contribution in [0.5, 0.6) is 0 Å². The maximum atomic E-state index is 12.3. The molecule has 0 radical (unpaired) electrons. The highest BCUT2D eigenvalue weighted by molar-refractivity contribution is 5.88. The molecule has 0 aliphatic carbocycles. The molecular weight excluding hydrogens is 269 g/mol. The first-order valence-electron chi connectivity index (χ1n) is 6.37. The number of nitrogens with one attached hydrogen (secondary N) is 2. The lowest BCUT2D eigenvalue weighted by atomic mass is 10.1. The molecule has 3 nitrogen and oxygen atoms in total. The molecule has 112 valence electrons. The van der Waals surface area contributed by atoms with Gasteiger partial charge in [0.05, 0.1) is 6.42 Å². The summed E-state index contributed by atoms with van der Waals surface area (Å²) in [6.07, 6.45) is -5.05. The third-order valence-corrected chi connectivity index (χ3v) is 2.78. The fourth-order valence-electron chi connectivity index (χ4n) is 2.02. The Morgan fingerprint density at radius 1 is 1.30 bits per heavy atom. The Morgan fingerprint density at radius 3 is 2.50 bits per heavy atom. The third-order valence-electron chi connectivity index (χ3n) is 2.78. The fraction of sp³-hybridized carbons (Fsp3) is 0.500. The topological polar surface area (TPSA) is 41.1 Å². The maximum Gasteiger partial charge on any atom is 0.390 e. The Labute approximate surface area is 116 Å². The number of hydrogen-bond donors (Lipinski definition) is 2. The zero-order chi connectivity index (χ0) is 15.3. The van der Waals surface area contributed by atoms with Crippen molar-refractivity contribution in [3.63, 3.8) is 0 Å². The van der Waals surface area contributed by atoms with E-state index in [1.807, 2.05) is 6.07 Å². The second-order valence-corrected chi connectivity index (χ2v) is 4.92. The summed E-state index contributed by atoms with van der Waals surface area (Å²) in [4.78, 5) is 11.0. The molecule has 2 atom stereocenters. The van der Waals surface area contributed by atoms with Crippen LogP contribution >= 0.6 is 0 Å². The molecule has 0 spiro atoms. The van der Waals surface area contributed by atoms with Crippen LogP contribution in [0.2, 0.25) is 0 Å². The standard InChI is InChI=1S/C14H19F3N2O/c1-9(8-14(15,16)17)18-10(2)12-5-4-6-13(7-12)19-11(3)20/h4-7,9-10,18H,8H2,1-3H3,(H,19,20). The minimum absolute atomic E-state index is 0.187. The van der Waals surface area contributed by atoms with Gasteiger partial charge in [-0.3, -0.25) is 4.79 Å². The minimum Gasteiger partial charge on any atom is -0.326 e. The molecule has 20 heavy (non-hydrogen) atoms. The van der Waals surface area contributed by atoms with E-state index in [2.05, 4.69) is 10.6 Å². The molecule has 0 aromatic heterocycles. The Balaban J connectivity index is 2.67. The summed E-state index contributed by atoms with van der Waals surface area (Å²) >= 11 is 0. The third kappa shape index (κ3) is 6.06. The Kier molecular flexibility index (Phi) is 5.56. The number of carbonyl (C=O) groups excluding carboxylic acids is 1. The van der Waals surface area contributed by atoms with E-state index in [1.165, 1.54) is 13.8 Å². The molecular formula is C14H19F3N2O. The van der Waals surface area contributed by atoms with Crippen molar-refractivity contribution < 1.29 is 18.0 Å². The summed E-state index contributed by atoms with van der Waals surface area (Å²) in [6.45, 7) is 4.70.